The van der Waals surface area contributed by atoms with Gasteiger partial charge in [-0.2, -0.15) is 0 Å². The second-order valence-electron chi connectivity index (χ2n) is 8.25. The Labute approximate surface area is 208 Å². The van der Waals surface area contributed by atoms with Crippen LogP contribution >= 0.6 is 11.6 Å². The Kier molecular flexibility index (Phi) is 6.29. The minimum Gasteiger partial charge on any atom is -0.462 e. The largest absolute Gasteiger partial charge is 0.462 e. The number of anilines is 1. The summed E-state index contributed by atoms with van der Waals surface area (Å²) in [5.41, 5.74) is 4.96. The molecule has 7 heteroatoms. The molecule has 0 radical (unpaired) electrons. The highest BCUT2D eigenvalue weighted by atomic mass is 35.5. The Morgan fingerprint density at radius 1 is 1.00 bits per heavy atom. The molecule has 1 aromatic heterocycles. The van der Waals surface area contributed by atoms with Crippen molar-refractivity contribution >= 4 is 29.3 Å². The predicted molar refractivity (Wildman–Crippen MR) is 136 cm³/mol. The van der Waals surface area contributed by atoms with E-state index in [1.165, 1.54) is 0 Å². The summed E-state index contributed by atoms with van der Waals surface area (Å²) in [6.45, 7) is 2.47. The first-order valence-corrected chi connectivity index (χ1v) is 11.8. The van der Waals surface area contributed by atoms with E-state index in [-0.39, 0.29) is 12.1 Å². The summed E-state index contributed by atoms with van der Waals surface area (Å²) in [6.07, 6.45) is 2.02. The Bertz CT molecular complexity index is 1380. The van der Waals surface area contributed by atoms with Crippen molar-refractivity contribution in [2.75, 3.05) is 11.9 Å². The summed E-state index contributed by atoms with van der Waals surface area (Å²) in [5.74, 6) is -0.392. The van der Waals surface area contributed by atoms with Crippen molar-refractivity contribution in [1.82, 2.24) is 9.47 Å². The van der Waals surface area contributed by atoms with Crippen molar-refractivity contribution in [3.8, 4) is 5.69 Å². The van der Waals surface area contributed by atoms with E-state index in [0.29, 0.717) is 29.4 Å². The van der Waals surface area contributed by atoms with E-state index in [4.69, 9.17) is 16.3 Å². The number of nitrogens with zero attached hydrogens (tertiary/aromatic N) is 2. The molecule has 0 aliphatic carbocycles. The van der Waals surface area contributed by atoms with Crippen molar-refractivity contribution < 1.29 is 14.3 Å². The Morgan fingerprint density at radius 3 is 2.57 bits per heavy atom. The number of urea groups is 1. The summed E-state index contributed by atoms with van der Waals surface area (Å²) < 4.78 is 7.17. The van der Waals surface area contributed by atoms with E-state index < -0.39 is 5.97 Å². The SMILES string of the molecule is CCOC(=O)c1ccc(NC(=O)N2Cc3ccccc3-n3cccc3[C@H]2c2cccc(Cl)c2)cc1. The van der Waals surface area contributed by atoms with Gasteiger partial charge in [-0.3, -0.25) is 0 Å². The maximum Gasteiger partial charge on any atom is 0.338 e. The smallest absolute Gasteiger partial charge is 0.338 e. The number of carbonyl (C=O) groups excluding carboxylic acids is 2. The highest BCUT2D eigenvalue weighted by molar-refractivity contribution is 6.30. The van der Waals surface area contributed by atoms with Gasteiger partial charge >= 0.3 is 12.0 Å². The average Bonchev–Trinajstić information content (AvgIpc) is 3.28. The topological polar surface area (TPSA) is 63.6 Å². The number of aromatic nitrogens is 1. The highest BCUT2D eigenvalue weighted by Gasteiger charge is 2.33. The third kappa shape index (κ3) is 4.53. The monoisotopic (exact) mass is 485 g/mol. The predicted octanol–water partition coefficient (Wildman–Crippen LogP) is 6.44. The summed E-state index contributed by atoms with van der Waals surface area (Å²) in [6, 6.07) is 25.8. The standard InChI is InChI=1S/C28H24ClN3O3/c1-2-35-27(33)19-12-14-23(15-13-19)30-28(34)32-18-21-7-3-4-10-24(21)31-16-6-11-25(31)26(32)20-8-5-9-22(29)17-20/h3-17,26H,2,18H2,1H3,(H,30,34)/t26-/m1/s1. The van der Waals surface area contributed by atoms with E-state index in [0.717, 1.165) is 22.5 Å². The molecule has 6 nitrogen and oxygen atoms in total. The number of para-hydroxylation sites is 1. The van der Waals surface area contributed by atoms with Crippen LogP contribution in [0.4, 0.5) is 10.5 Å². The second kappa shape index (κ2) is 9.68. The van der Waals surface area contributed by atoms with Gasteiger partial charge < -0.3 is 19.5 Å². The number of halogens is 1. The van der Waals surface area contributed by atoms with Gasteiger partial charge in [0.25, 0.3) is 0 Å². The lowest BCUT2D eigenvalue weighted by molar-refractivity contribution is 0.0526. The third-order valence-corrected chi connectivity index (χ3v) is 6.27. The fourth-order valence-corrected chi connectivity index (χ4v) is 4.66. The van der Waals surface area contributed by atoms with Crippen LogP contribution in [0.15, 0.2) is 91.1 Å². The zero-order valence-corrected chi connectivity index (χ0v) is 19.9. The van der Waals surface area contributed by atoms with Crippen molar-refractivity contribution in [3.63, 3.8) is 0 Å². The highest BCUT2D eigenvalue weighted by Crippen LogP contribution is 2.37. The number of hydrogen-bond donors (Lipinski definition) is 1. The van der Waals surface area contributed by atoms with Crippen LogP contribution in [0.5, 0.6) is 0 Å². The summed E-state index contributed by atoms with van der Waals surface area (Å²) >= 11 is 6.35. The molecule has 0 fully saturated rings. The van der Waals surface area contributed by atoms with Gasteiger partial charge in [-0.15, -0.1) is 0 Å². The number of ether oxygens (including phenoxy) is 1. The van der Waals surface area contributed by atoms with Gasteiger partial charge in [0.2, 0.25) is 0 Å². The molecule has 176 valence electrons. The molecule has 1 atom stereocenters. The number of fused-ring (bicyclic) bond motifs is 3. The van der Waals surface area contributed by atoms with Crippen molar-refractivity contribution in [1.29, 1.82) is 0 Å². The van der Waals surface area contributed by atoms with Gasteiger partial charge in [0.1, 0.15) is 0 Å². The maximum absolute atomic E-state index is 13.7. The Hall–Kier alpha value is -4.03. The molecule has 5 rings (SSSR count). The van der Waals surface area contributed by atoms with Crippen LogP contribution in [0.25, 0.3) is 5.69 Å². The van der Waals surface area contributed by atoms with Crippen molar-refractivity contribution in [2.24, 2.45) is 0 Å². The van der Waals surface area contributed by atoms with Gasteiger partial charge in [0.15, 0.2) is 0 Å². The molecule has 35 heavy (non-hydrogen) atoms. The normalized spacial score (nSPS) is 14.5. The van der Waals surface area contributed by atoms with E-state index in [1.807, 2.05) is 65.7 Å². The molecule has 4 aromatic rings. The quantitative estimate of drug-likeness (QED) is 0.338. The number of benzene rings is 3. The van der Waals surface area contributed by atoms with Crippen LogP contribution in [0.3, 0.4) is 0 Å². The van der Waals surface area contributed by atoms with Crippen LogP contribution in [0, 0.1) is 0 Å². The van der Waals surface area contributed by atoms with Crippen LogP contribution in [-0.4, -0.2) is 28.1 Å². The first-order valence-electron chi connectivity index (χ1n) is 11.4. The minimum absolute atomic E-state index is 0.261. The van der Waals surface area contributed by atoms with E-state index >= 15 is 0 Å². The summed E-state index contributed by atoms with van der Waals surface area (Å²) in [7, 11) is 0. The molecule has 0 bridgehead atoms. The summed E-state index contributed by atoms with van der Waals surface area (Å²) in [4.78, 5) is 27.5. The first-order chi connectivity index (χ1) is 17.0. The maximum atomic E-state index is 13.7. The Morgan fingerprint density at radius 2 is 1.80 bits per heavy atom. The van der Waals surface area contributed by atoms with E-state index in [2.05, 4.69) is 16.0 Å². The fourth-order valence-electron chi connectivity index (χ4n) is 4.47. The number of amides is 2. The van der Waals surface area contributed by atoms with Gasteiger partial charge in [0.05, 0.1) is 30.4 Å². The van der Waals surface area contributed by atoms with Gasteiger partial charge in [-0.1, -0.05) is 41.9 Å². The molecule has 3 aromatic carbocycles. The van der Waals surface area contributed by atoms with Crippen molar-refractivity contribution in [3.05, 3.63) is 119 Å². The lowest BCUT2D eigenvalue weighted by atomic mass is 10.0. The van der Waals surface area contributed by atoms with Gasteiger partial charge in [-0.05, 0) is 72.6 Å². The Balaban J connectivity index is 1.53. The average molecular weight is 486 g/mol. The van der Waals surface area contributed by atoms with E-state index in [9.17, 15) is 9.59 Å². The second-order valence-corrected chi connectivity index (χ2v) is 8.68. The summed E-state index contributed by atoms with van der Waals surface area (Å²) in [5, 5.41) is 3.61. The zero-order valence-electron chi connectivity index (χ0n) is 19.1. The minimum atomic E-state index is -0.392. The molecule has 0 saturated heterocycles. The lowest BCUT2D eigenvalue weighted by Crippen LogP contribution is -2.37. The van der Waals surface area contributed by atoms with Crippen LogP contribution in [0.2, 0.25) is 5.02 Å². The van der Waals surface area contributed by atoms with Crippen molar-refractivity contribution in [2.45, 2.75) is 19.5 Å². The van der Waals surface area contributed by atoms with Crippen LogP contribution in [0.1, 0.15) is 40.1 Å². The fraction of sp³-hybridized carbons (Fsp3) is 0.143. The number of carbonyl (C=O) groups is 2. The molecule has 1 aliphatic rings. The van der Waals surface area contributed by atoms with Crippen LogP contribution in [-0.2, 0) is 11.3 Å². The lowest BCUT2D eigenvalue weighted by Gasteiger charge is -2.31. The molecule has 1 N–H and O–H groups in total. The van der Waals surface area contributed by atoms with E-state index in [1.54, 1.807) is 31.2 Å². The molecule has 0 saturated carbocycles. The molecular formula is C28H24ClN3O3. The van der Waals surface area contributed by atoms with Crippen LogP contribution < -0.4 is 5.32 Å². The molecule has 2 amide bonds. The number of hydrogen-bond acceptors (Lipinski definition) is 3. The number of nitrogens with one attached hydrogen (secondary N) is 1. The molecule has 0 spiro atoms. The molecule has 2 heterocycles. The molecular weight excluding hydrogens is 462 g/mol. The first kappa shape index (κ1) is 22.7. The molecule has 1 aliphatic heterocycles. The zero-order chi connectivity index (χ0) is 24.4. The number of esters is 1. The number of rotatable bonds is 4. The third-order valence-electron chi connectivity index (χ3n) is 6.04. The molecule has 0 unspecified atom stereocenters. The van der Waals surface area contributed by atoms with Gasteiger partial charge in [-0.25, -0.2) is 9.59 Å². The van der Waals surface area contributed by atoms with Gasteiger partial charge in [0, 0.05) is 22.6 Å².